The molecule has 0 spiro atoms. The summed E-state index contributed by atoms with van der Waals surface area (Å²) in [6.07, 6.45) is 3.25. The molecular weight excluding hydrogens is 182 g/mol. The lowest BCUT2D eigenvalue weighted by molar-refractivity contribution is 0.0697. The molecule has 2 rings (SSSR count). The number of hydrogen-bond acceptors (Lipinski definition) is 3. The largest absolute Gasteiger partial charge is 0.478 e. The standard InChI is InChI=1S/C9H7N3O2/c13-9(14)7-1-3-8(4-2-7)12-6-5-10-11-12/h1-6H,(H,13,14). The van der Waals surface area contributed by atoms with Crippen LogP contribution in [0.3, 0.4) is 0 Å². The Balaban J connectivity index is 2.36. The maximum Gasteiger partial charge on any atom is 0.335 e. The zero-order valence-electron chi connectivity index (χ0n) is 7.16. The number of benzene rings is 1. The highest BCUT2D eigenvalue weighted by Gasteiger charge is 2.02. The summed E-state index contributed by atoms with van der Waals surface area (Å²) in [4.78, 5) is 10.6. The van der Waals surface area contributed by atoms with E-state index in [1.54, 1.807) is 29.2 Å². The Bertz CT molecular complexity index is 434. The van der Waals surface area contributed by atoms with E-state index in [9.17, 15) is 4.79 Å². The fraction of sp³-hybridized carbons (Fsp3) is 0. The first-order valence-corrected chi connectivity index (χ1v) is 3.97. The van der Waals surface area contributed by atoms with Crippen LogP contribution in [-0.2, 0) is 0 Å². The molecule has 0 aliphatic carbocycles. The Hall–Kier alpha value is -2.17. The number of aromatic nitrogens is 3. The van der Waals surface area contributed by atoms with Gasteiger partial charge in [-0.1, -0.05) is 5.21 Å². The molecule has 5 nitrogen and oxygen atoms in total. The molecule has 1 N–H and O–H groups in total. The lowest BCUT2D eigenvalue weighted by Crippen LogP contribution is -1.98. The van der Waals surface area contributed by atoms with E-state index in [-0.39, 0.29) is 5.56 Å². The van der Waals surface area contributed by atoms with Crippen LogP contribution in [0, 0.1) is 0 Å². The third kappa shape index (κ3) is 1.47. The fourth-order valence-electron chi connectivity index (χ4n) is 1.10. The second-order valence-corrected chi connectivity index (χ2v) is 2.70. The zero-order chi connectivity index (χ0) is 9.97. The zero-order valence-corrected chi connectivity index (χ0v) is 7.16. The lowest BCUT2D eigenvalue weighted by Gasteiger charge is -1.99. The third-order valence-electron chi connectivity index (χ3n) is 1.80. The van der Waals surface area contributed by atoms with E-state index in [1.165, 1.54) is 12.1 Å². The molecule has 0 saturated carbocycles. The molecule has 0 atom stereocenters. The van der Waals surface area contributed by atoms with Gasteiger partial charge in [-0.25, -0.2) is 9.48 Å². The van der Waals surface area contributed by atoms with Crippen molar-refractivity contribution in [3.05, 3.63) is 42.2 Å². The molecule has 1 aromatic heterocycles. The van der Waals surface area contributed by atoms with E-state index in [2.05, 4.69) is 10.3 Å². The predicted molar refractivity (Wildman–Crippen MR) is 48.3 cm³/mol. The van der Waals surface area contributed by atoms with Gasteiger partial charge in [-0.15, -0.1) is 5.10 Å². The summed E-state index contributed by atoms with van der Waals surface area (Å²) in [5, 5.41) is 16.1. The SMILES string of the molecule is O=C(O)c1ccc(-n2ccnn2)cc1. The summed E-state index contributed by atoms with van der Waals surface area (Å²) in [5.41, 5.74) is 1.04. The first-order chi connectivity index (χ1) is 6.77. The van der Waals surface area contributed by atoms with Crippen molar-refractivity contribution in [3.8, 4) is 5.69 Å². The molecular formula is C9H7N3O2. The average molecular weight is 189 g/mol. The summed E-state index contributed by atoms with van der Waals surface area (Å²) < 4.78 is 1.56. The van der Waals surface area contributed by atoms with Crippen LogP contribution in [0.4, 0.5) is 0 Å². The van der Waals surface area contributed by atoms with E-state index in [1.807, 2.05) is 0 Å². The van der Waals surface area contributed by atoms with Gasteiger partial charge in [0.1, 0.15) is 0 Å². The molecule has 70 valence electrons. The Morgan fingerprint density at radius 3 is 2.50 bits per heavy atom. The van der Waals surface area contributed by atoms with E-state index in [4.69, 9.17) is 5.11 Å². The van der Waals surface area contributed by atoms with Crippen molar-refractivity contribution in [1.29, 1.82) is 0 Å². The summed E-state index contributed by atoms with van der Waals surface area (Å²) >= 11 is 0. The maximum atomic E-state index is 10.6. The molecule has 0 radical (unpaired) electrons. The monoisotopic (exact) mass is 189 g/mol. The van der Waals surface area contributed by atoms with Crippen LogP contribution in [0.1, 0.15) is 10.4 Å². The van der Waals surface area contributed by atoms with E-state index < -0.39 is 5.97 Å². The fourth-order valence-corrected chi connectivity index (χ4v) is 1.10. The molecule has 0 aliphatic heterocycles. The van der Waals surface area contributed by atoms with Crippen molar-refractivity contribution >= 4 is 5.97 Å². The number of carbonyl (C=O) groups is 1. The van der Waals surface area contributed by atoms with E-state index in [0.717, 1.165) is 5.69 Å². The number of aromatic carboxylic acids is 1. The molecule has 0 fully saturated rings. The minimum Gasteiger partial charge on any atom is -0.478 e. The Kier molecular flexibility index (Phi) is 1.98. The number of carboxylic acid groups (broad SMARTS) is 1. The van der Waals surface area contributed by atoms with Gasteiger partial charge < -0.3 is 5.11 Å². The molecule has 2 aromatic rings. The van der Waals surface area contributed by atoms with Crippen molar-refractivity contribution in [1.82, 2.24) is 15.0 Å². The Labute approximate surface area is 79.6 Å². The maximum absolute atomic E-state index is 10.6. The second kappa shape index (κ2) is 3.29. The predicted octanol–water partition coefficient (Wildman–Crippen LogP) is 0.965. The van der Waals surface area contributed by atoms with Gasteiger partial charge in [-0.05, 0) is 24.3 Å². The minimum atomic E-state index is -0.935. The highest BCUT2D eigenvalue weighted by atomic mass is 16.4. The summed E-state index contributed by atoms with van der Waals surface area (Å²) in [6.45, 7) is 0. The van der Waals surface area contributed by atoms with Crippen LogP contribution in [0.25, 0.3) is 5.69 Å². The number of hydrogen-bond donors (Lipinski definition) is 1. The first-order valence-electron chi connectivity index (χ1n) is 3.97. The van der Waals surface area contributed by atoms with Gasteiger partial charge in [0.05, 0.1) is 23.6 Å². The number of nitrogens with zero attached hydrogens (tertiary/aromatic N) is 3. The molecule has 0 amide bonds. The van der Waals surface area contributed by atoms with Crippen molar-refractivity contribution < 1.29 is 9.90 Å². The van der Waals surface area contributed by atoms with Crippen LogP contribution in [0.2, 0.25) is 0 Å². The minimum absolute atomic E-state index is 0.258. The summed E-state index contributed by atoms with van der Waals surface area (Å²) in [5.74, 6) is -0.935. The topological polar surface area (TPSA) is 68.0 Å². The number of rotatable bonds is 2. The van der Waals surface area contributed by atoms with Crippen molar-refractivity contribution in [2.75, 3.05) is 0 Å². The van der Waals surface area contributed by atoms with Gasteiger partial charge in [0.2, 0.25) is 0 Å². The third-order valence-corrected chi connectivity index (χ3v) is 1.80. The first kappa shape index (κ1) is 8.43. The van der Waals surface area contributed by atoms with E-state index in [0.29, 0.717) is 0 Å². The number of carboxylic acids is 1. The molecule has 0 saturated heterocycles. The molecule has 0 aliphatic rings. The molecule has 5 heteroatoms. The van der Waals surface area contributed by atoms with Gasteiger partial charge in [0.15, 0.2) is 0 Å². The smallest absolute Gasteiger partial charge is 0.335 e. The van der Waals surface area contributed by atoms with Gasteiger partial charge in [-0.2, -0.15) is 0 Å². The summed E-state index contributed by atoms with van der Waals surface area (Å²) in [6, 6.07) is 6.41. The lowest BCUT2D eigenvalue weighted by atomic mass is 10.2. The molecule has 0 unspecified atom stereocenters. The van der Waals surface area contributed by atoms with Gasteiger partial charge >= 0.3 is 5.97 Å². The van der Waals surface area contributed by atoms with Crippen molar-refractivity contribution in [3.63, 3.8) is 0 Å². The van der Waals surface area contributed by atoms with Crippen LogP contribution < -0.4 is 0 Å². The average Bonchev–Trinajstić information content (AvgIpc) is 2.71. The van der Waals surface area contributed by atoms with E-state index >= 15 is 0 Å². The van der Waals surface area contributed by atoms with Crippen molar-refractivity contribution in [2.45, 2.75) is 0 Å². The quantitative estimate of drug-likeness (QED) is 0.764. The Morgan fingerprint density at radius 2 is 2.00 bits per heavy atom. The molecule has 0 bridgehead atoms. The van der Waals surface area contributed by atoms with Crippen LogP contribution >= 0.6 is 0 Å². The molecule has 1 heterocycles. The highest BCUT2D eigenvalue weighted by Crippen LogP contribution is 2.07. The van der Waals surface area contributed by atoms with Crippen LogP contribution in [0.15, 0.2) is 36.7 Å². The van der Waals surface area contributed by atoms with Gasteiger partial charge in [0.25, 0.3) is 0 Å². The summed E-state index contributed by atoms with van der Waals surface area (Å²) in [7, 11) is 0. The normalized spacial score (nSPS) is 10.0. The van der Waals surface area contributed by atoms with Crippen LogP contribution in [-0.4, -0.2) is 26.1 Å². The van der Waals surface area contributed by atoms with Gasteiger partial charge in [-0.3, -0.25) is 0 Å². The molecule has 14 heavy (non-hydrogen) atoms. The van der Waals surface area contributed by atoms with Gasteiger partial charge in [0, 0.05) is 0 Å². The van der Waals surface area contributed by atoms with Crippen LogP contribution in [0.5, 0.6) is 0 Å². The second-order valence-electron chi connectivity index (χ2n) is 2.70. The highest BCUT2D eigenvalue weighted by molar-refractivity contribution is 5.87. The molecule has 1 aromatic carbocycles. The van der Waals surface area contributed by atoms with Crippen molar-refractivity contribution in [2.24, 2.45) is 0 Å². The Morgan fingerprint density at radius 1 is 1.29 bits per heavy atom.